The van der Waals surface area contributed by atoms with E-state index in [2.05, 4.69) is 50.0 Å². The molecule has 0 bridgehead atoms. The van der Waals surface area contributed by atoms with Crippen LogP contribution in [0.3, 0.4) is 0 Å². The highest BCUT2D eigenvalue weighted by atomic mass is 16.7. The van der Waals surface area contributed by atoms with E-state index in [-0.39, 0.29) is 30.5 Å². The Hall–Kier alpha value is -1.73. The highest BCUT2D eigenvalue weighted by Crippen LogP contribution is 2.36. The van der Waals surface area contributed by atoms with Crippen LogP contribution in [0.4, 0.5) is 10.5 Å². The molecule has 0 aromatic heterocycles. The largest absolute Gasteiger partial charge is 0.494 e. The third kappa shape index (κ3) is 5.26. The first-order chi connectivity index (χ1) is 13.4. The summed E-state index contributed by atoms with van der Waals surface area (Å²) in [6.45, 7) is 15.6. The Balaban J connectivity index is 1.67. The Morgan fingerprint density at radius 1 is 1.21 bits per heavy atom. The van der Waals surface area contributed by atoms with Gasteiger partial charge in [-0.1, -0.05) is 12.1 Å². The lowest BCUT2D eigenvalue weighted by atomic mass is 9.79. The second-order valence-electron chi connectivity index (χ2n) is 10.1. The number of rotatable bonds is 3. The fourth-order valence-corrected chi connectivity index (χ4v) is 3.65. The maximum Gasteiger partial charge on any atom is 0.494 e. The number of carbonyl (C=O) groups excluding carboxylic acids is 1. The molecule has 1 aromatic carbocycles. The van der Waals surface area contributed by atoms with Crippen LogP contribution in [0.15, 0.2) is 24.3 Å². The average molecular weight is 402 g/mol. The minimum Gasteiger partial charge on any atom is -0.444 e. The van der Waals surface area contributed by atoms with Gasteiger partial charge >= 0.3 is 13.2 Å². The molecule has 2 fully saturated rings. The Kier molecular flexibility index (Phi) is 5.94. The Bertz CT molecular complexity index is 729. The molecule has 2 aliphatic heterocycles. The molecule has 0 unspecified atom stereocenters. The number of benzene rings is 1. The van der Waals surface area contributed by atoms with Crippen molar-refractivity contribution in [2.45, 2.75) is 84.2 Å². The van der Waals surface area contributed by atoms with Gasteiger partial charge in [-0.15, -0.1) is 0 Å². The standard InChI is InChI=1S/C22H35BN2O4/c1-20(2,3)27-19(26)24-17-11-9-13-25(15-17)18-12-8-10-16(14-18)23-28-21(4,5)22(6,7)29-23/h8,10,12,14,17H,9,11,13,15H2,1-7H3,(H,24,26)/t17-/m0/s1. The highest BCUT2D eigenvalue weighted by molar-refractivity contribution is 6.62. The van der Waals surface area contributed by atoms with Gasteiger partial charge in [-0.2, -0.15) is 0 Å². The minimum absolute atomic E-state index is 0.0686. The molecular formula is C22H35BN2O4. The van der Waals surface area contributed by atoms with Crippen molar-refractivity contribution in [3.8, 4) is 0 Å². The van der Waals surface area contributed by atoms with Crippen molar-refractivity contribution >= 4 is 24.4 Å². The molecule has 1 N–H and O–H groups in total. The van der Waals surface area contributed by atoms with Crippen molar-refractivity contribution in [1.29, 1.82) is 0 Å². The monoisotopic (exact) mass is 402 g/mol. The van der Waals surface area contributed by atoms with Gasteiger partial charge in [0, 0.05) is 24.8 Å². The van der Waals surface area contributed by atoms with Gasteiger partial charge in [0.2, 0.25) is 0 Å². The fourth-order valence-electron chi connectivity index (χ4n) is 3.65. The highest BCUT2D eigenvalue weighted by Gasteiger charge is 2.51. The second-order valence-corrected chi connectivity index (χ2v) is 10.1. The molecule has 0 aliphatic carbocycles. The van der Waals surface area contributed by atoms with Crippen molar-refractivity contribution in [2.75, 3.05) is 18.0 Å². The third-order valence-electron chi connectivity index (χ3n) is 5.90. The molecule has 1 aromatic rings. The topological polar surface area (TPSA) is 60.0 Å². The maximum atomic E-state index is 12.1. The summed E-state index contributed by atoms with van der Waals surface area (Å²) >= 11 is 0. The Morgan fingerprint density at radius 2 is 1.86 bits per heavy atom. The van der Waals surface area contributed by atoms with Gasteiger partial charge in [0.1, 0.15) is 5.60 Å². The molecule has 2 aliphatic rings. The van der Waals surface area contributed by atoms with Gasteiger partial charge in [0.25, 0.3) is 0 Å². The summed E-state index contributed by atoms with van der Waals surface area (Å²) < 4.78 is 17.8. The van der Waals surface area contributed by atoms with E-state index in [0.29, 0.717) is 0 Å². The van der Waals surface area contributed by atoms with Gasteiger partial charge in [0.15, 0.2) is 0 Å². The molecular weight excluding hydrogens is 367 g/mol. The number of alkyl carbamates (subject to hydrolysis) is 1. The molecule has 6 nitrogen and oxygen atoms in total. The van der Waals surface area contributed by atoms with E-state index in [4.69, 9.17) is 14.0 Å². The van der Waals surface area contributed by atoms with E-state index in [1.165, 1.54) is 0 Å². The van der Waals surface area contributed by atoms with Crippen LogP contribution >= 0.6 is 0 Å². The van der Waals surface area contributed by atoms with E-state index in [0.717, 1.165) is 37.1 Å². The predicted octanol–water partition coefficient (Wildman–Crippen LogP) is 3.48. The summed E-state index contributed by atoms with van der Waals surface area (Å²) in [5.41, 5.74) is 0.925. The summed E-state index contributed by atoms with van der Waals surface area (Å²) in [7, 11) is -0.375. The van der Waals surface area contributed by atoms with Gasteiger partial charge in [-0.3, -0.25) is 0 Å². The number of nitrogens with zero attached hydrogens (tertiary/aromatic N) is 1. The number of hydrogen-bond acceptors (Lipinski definition) is 5. The van der Waals surface area contributed by atoms with E-state index in [1.54, 1.807) is 0 Å². The van der Waals surface area contributed by atoms with Crippen LogP contribution in [0, 0.1) is 0 Å². The quantitative estimate of drug-likeness (QED) is 0.785. The summed E-state index contributed by atoms with van der Waals surface area (Å²) in [5.74, 6) is 0. The first-order valence-electron chi connectivity index (χ1n) is 10.6. The van der Waals surface area contributed by atoms with Gasteiger partial charge < -0.3 is 24.3 Å². The van der Waals surface area contributed by atoms with Crippen molar-refractivity contribution in [3.05, 3.63) is 24.3 Å². The van der Waals surface area contributed by atoms with Crippen molar-refractivity contribution in [3.63, 3.8) is 0 Å². The number of hydrogen-bond donors (Lipinski definition) is 1. The van der Waals surface area contributed by atoms with Crippen LogP contribution in [-0.2, 0) is 14.0 Å². The number of piperidine rings is 1. The molecule has 7 heteroatoms. The van der Waals surface area contributed by atoms with Gasteiger partial charge in [-0.25, -0.2) is 4.79 Å². The fraction of sp³-hybridized carbons (Fsp3) is 0.682. The summed E-state index contributed by atoms with van der Waals surface area (Å²) in [6.07, 6.45) is 1.61. The SMILES string of the molecule is CC(C)(C)OC(=O)N[C@H]1CCCN(c2cccc(B3OC(C)(C)C(C)(C)O3)c2)C1. The minimum atomic E-state index is -0.490. The van der Waals surface area contributed by atoms with E-state index < -0.39 is 5.60 Å². The molecule has 1 amide bonds. The van der Waals surface area contributed by atoms with E-state index in [1.807, 2.05) is 32.9 Å². The van der Waals surface area contributed by atoms with Crippen molar-refractivity contribution < 1.29 is 18.8 Å². The first-order valence-corrected chi connectivity index (χ1v) is 10.6. The zero-order chi connectivity index (χ0) is 21.4. The maximum absolute atomic E-state index is 12.1. The lowest BCUT2D eigenvalue weighted by molar-refractivity contribution is 0.00578. The molecule has 2 heterocycles. The van der Waals surface area contributed by atoms with Crippen LogP contribution in [0.2, 0.25) is 0 Å². The molecule has 160 valence electrons. The van der Waals surface area contributed by atoms with Crippen molar-refractivity contribution in [1.82, 2.24) is 5.32 Å². The van der Waals surface area contributed by atoms with Gasteiger partial charge in [-0.05, 0) is 78.9 Å². The molecule has 3 rings (SSSR count). The summed E-state index contributed by atoms with van der Waals surface area (Å²) in [6, 6.07) is 8.40. The molecule has 0 radical (unpaired) electrons. The normalized spacial score (nSPS) is 23.8. The molecule has 0 saturated carbocycles. The molecule has 1 atom stereocenters. The number of ether oxygens (including phenoxy) is 1. The molecule has 29 heavy (non-hydrogen) atoms. The van der Waals surface area contributed by atoms with Crippen LogP contribution in [-0.4, -0.2) is 49.1 Å². The predicted molar refractivity (Wildman–Crippen MR) is 117 cm³/mol. The van der Waals surface area contributed by atoms with Gasteiger partial charge in [0.05, 0.1) is 11.2 Å². The smallest absolute Gasteiger partial charge is 0.444 e. The zero-order valence-corrected chi connectivity index (χ0v) is 18.9. The molecule has 0 spiro atoms. The van der Waals surface area contributed by atoms with Crippen LogP contribution in [0.25, 0.3) is 0 Å². The van der Waals surface area contributed by atoms with E-state index in [9.17, 15) is 4.79 Å². The third-order valence-corrected chi connectivity index (χ3v) is 5.90. The Morgan fingerprint density at radius 3 is 2.48 bits per heavy atom. The van der Waals surface area contributed by atoms with Crippen LogP contribution in [0.5, 0.6) is 0 Å². The zero-order valence-electron chi connectivity index (χ0n) is 18.9. The number of carbonyl (C=O) groups is 1. The molecule has 2 saturated heterocycles. The Labute approximate surface area is 175 Å². The second kappa shape index (κ2) is 7.84. The number of nitrogens with one attached hydrogen (secondary N) is 1. The lowest BCUT2D eigenvalue weighted by Gasteiger charge is -2.35. The van der Waals surface area contributed by atoms with Crippen molar-refractivity contribution in [2.24, 2.45) is 0 Å². The summed E-state index contributed by atoms with van der Waals surface area (Å²) in [4.78, 5) is 14.4. The average Bonchev–Trinajstić information content (AvgIpc) is 2.81. The van der Waals surface area contributed by atoms with Crippen LogP contribution < -0.4 is 15.7 Å². The van der Waals surface area contributed by atoms with Crippen LogP contribution in [0.1, 0.15) is 61.3 Å². The summed E-state index contributed by atoms with van der Waals surface area (Å²) in [5, 5.41) is 3.01. The van der Waals surface area contributed by atoms with E-state index >= 15 is 0 Å². The lowest BCUT2D eigenvalue weighted by Crippen LogP contribution is -2.49. The number of amides is 1. The number of anilines is 1. The first kappa shape index (κ1) is 22.0.